The normalized spacial score (nSPS) is 16.1. The van der Waals surface area contributed by atoms with E-state index in [2.05, 4.69) is 20.6 Å². The molecule has 4 rings (SSSR count). The molecule has 1 aliphatic carbocycles. The number of hydroxylamine groups is 2. The maximum absolute atomic E-state index is 13.7. The van der Waals surface area contributed by atoms with Crippen LogP contribution in [0.15, 0.2) is 36.4 Å². The number of carbonyl (C=O) groups excluding carboxylic acids is 4. The Morgan fingerprint density at radius 1 is 1.02 bits per heavy atom. The molecule has 2 heterocycles. The average Bonchev–Trinajstić information content (AvgIpc) is 3.78. The molecule has 43 heavy (non-hydrogen) atoms. The molecular formula is C30H40N6O7. The van der Waals surface area contributed by atoms with E-state index in [9.17, 15) is 19.2 Å². The molecular weight excluding hydrogens is 556 g/mol. The minimum absolute atomic E-state index is 0.0306. The predicted octanol–water partition coefficient (Wildman–Crippen LogP) is 3.17. The van der Waals surface area contributed by atoms with Gasteiger partial charge in [-0.3, -0.25) is 14.4 Å². The number of piperazine rings is 1. The summed E-state index contributed by atoms with van der Waals surface area (Å²) in [6.07, 6.45) is 1.19. The number of aromatic nitrogens is 2. The van der Waals surface area contributed by atoms with E-state index in [1.807, 2.05) is 30.3 Å². The zero-order valence-electron chi connectivity index (χ0n) is 25.1. The summed E-state index contributed by atoms with van der Waals surface area (Å²) in [5.41, 5.74) is 0.158. The monoisotopic (exact) mass is 596 g/mol. The highest BCUT2D eigenvalue weighted by Crippen LogP contribution is 2.26. The first kappa shape index (κ1) is 31.7. The highest BCUT2D eigenvalue weighted by Gasteiger charge is 2.32. The minimum atomic E-state index is -1.02. The van der Waals surface area contributed by atoms with E-state index in [4.69, 9.17) is 14.3 Å². The molecule has 2 aliphatic rings. The van der Waals surface area contributed by atoms with E-state index in [1.165, 1.54) is 5.06 Å². The number of rotatable bonds is 11. The summed E-state index contributed by atoms with van der Waals surface area (Å²) in [5.74, 6) is -0.496. The first-order chi connectivity index (χ1) is 20.5. The molecule has 0 spiro atoms. The molecule has 232 valence electrons. The molecule has 1 saturated carbocycles. The second kappa shape index (κ2) is 14.3. The van der Waals surface area contributed by atoms with Crippen molar-refractivity contribution in [3.63, 3.8) is 0 Å². The number of hydrogen-bond donors (Lipinski definition) is 2. The summed E-state index contributed by atoms with van der Waals surface area (Å²) in [7, 11) is 0. The van der Waals surface area contributed by atoms with Crippen LogP contribution in [0.5, 0.6) is 0 Å². The van der Waals surface area contributed by atoms with Crippen LogP contribution in [-0.2, 0) is 23.9 Å². The Balaban J connectivity index is 1.50. The van der Waals surface area contributed by atoms with Gasteiger partial charge in [0.25, 0.3) is 5.91 Å². The third kappa shape index (κ3) is 9.91. The molecule has 2 amide bonds. The Kier molecular flexibility index (Phi) is 10.5. The lowest BCUT2D eigenvalue weighted by Crippen LogP contribution is -2.55. The summed E-state index contributed by atoms with van der Waals surface area (Å²) in [4.78, 5) is 67.3. The van der Waals surface area contributed by atoms with E-state index in [0.29, 0.717) is 17.7 Å². The number of benzene rings is 1. The van der Waals surface area contributed by atoms with Crippen LogP contribution in [0.2, 0.25) is 0 Å². The zero-order chi connectivity index (χ0) is 31.0. The van der Waals surface area contributed by atoms with Gasteiger partial charge in [-0.1, -0.05) is 30.3 Å². The van der Waals surface area contributed by atoms with Gasteiger partial charge >= 0.3 is 12.1 Å². The van der Waals surface area contributed by atoms with Gasteiger partial charge in [0, 0.05) is 37.2 Å². The second-order valence-electron chi connectivity index (χ2n) is 11.4. The van der Waals surface area contributed by atoms with Crippen LogP contribution >= 0.6 is 0 Å². The van der Waals surface area contributed by atoms with Gasteiger partial charge in [0.15, 0.2) is 5.82 Å². The highest BCUT2D eigenvalue weighted by molar-refractivity contribution is 5.97. The van der Waals surface area contributed by atoms with Crippen molar-refractivity contribution in [1.29, 1.82) is 0 Å². The lowest BCUT2D eigenvalue weighted by Gasteiger charge is -2.35. The number of esters is 1. The van der Waals surface area contributed by atoms with Crippen molar-refractivity contribution in [3.05, 3.63) is 42.1 Å². The van der Waals surface area contributed by atoms with Gasteiger partial charge < -0.3 is 29.8 Å². The van der Waals surface area contributed by atoms with Gasteiger partial charge in [-0.2, -0.15) is 0 Å². The number of anilines is 1. The number of nitrogens with one attached hydrogen (secondary N) is 2. The fourth-order valence-electron chi connectivity index (χ4n) is 4.40. The van der Waals surface area contributed by atoms with E-state index >= 15 is 0 Å². The molecule has 1 aromatic heterocycles. The zero-order valence-corrected chi connectivity index (χ0v) is 25.1. The van der Waals surface area contributed by atoms with Crippen LogP contribution in [0.4, 0.5) is 10.6 Å². The molecule has 1 atom stereocenters. The van der Waals surface area contributed by atoms with Gasteiger partial charge in [0.2, 0.25) is 5.91 Å². The number of carbonyl (C=O) groups is 4. The van der Waals surface area contributed by atoms with E-state index < -0.39 is 29.7 Å². The third-order valence-electron chi connectivity index (χ3n) is 6.60. The van der Waals surface area contributed by atoms with Crippen LogP contribution in [0.25, 0.3) is 11.4 Å². The molecule has 0 bridgehead atoms. The van der Waals surface area contributed by atoms with Crippen LogP contribution < -0.4 is 10.6 Å². The number of ether oxygens (including phenoxy) is 2. The summed E-state index contributed by atoms with van der Waals surface area (Å²) >= 11 is 0. The first-order valence-electron chi connectivity index (χ1n) is 14.6. The SMILES string of the molecule is CCOC(=O)ON1CCN(C(=O)[C@H](CCC(=O)OC(C)(C)C)NC(=O)c2cc(NC3CC3)nc(-c3ccccc3)n2)CC1. The highest BCUT2D eigenvalue weighted by atomic mass is 16.8. The van der Waals surface area contributed by atoms with E-state index in [0.717, 1.165) is 18.4 Å². The Morgan fingerprint density at radius 2 is 1.72 bits per heavy atom. The minimum Gasteiger partial charge on any atom is -0.460 e. The Hall–Kier alpha value is -4.26. The Morgan fingerprint density at radius 3 is 2.35 bits per heavy atom. The van der Waals surface area contributed by atoms with Crippen molar-refractivity contribution < 1.29 is 33.5 Å². The molecule has 1 aromatic carbocycles. The van der Waals surface area contributed by atoms with Gasteiger partial charge in [0.1, 0.15) is 23.2 Å². The molecule has 2 aromatic rings. The van der Waals surface area contributed by atoms with Gasteiger partial charge in [-0.25, -0.2) is 14.8 Å². The first-order valence-corrected chi connectivity index (χ1v) is 14.6. The maximum atomic E-state index is 13.7. The fourth-order valence-corrected chi connectivity index (χ4v) is 4.40. The number of amides is 2. The van der Waals surface area contributed by atoms with Crippen molar-refractivity contribution in [3.8, 4) is 11.4 Å². The Labute approximate surface area is 251 Å². The van der Waals surface area contributed by atoms with Gasteiger partial charge in [-0.15, -0.1) is 5.06 Å². The van der Waals surface area contributed by atoms with Gasteiger partial charge in [-0.05, 0) is 47.0 Å². The predicted molar refractivity (Wildman–Crippen MR) is 157 cm³/mol. The van der Waals surface area contributed by atoms with Crippen LogP contribution in [-0.4, -0.2) is 94.3 Å². The van der Waals surface area contributed by atoms with Gasteiger partial charge in [0.05, 0.1) is 19.7 Å². The molecule has 0 unspecified atom stereocenters. The average molecular weight is 597 g/mol. The number of nitrogens with zero attached hydrogens (tertiary/aromatic N) is 4. The number of hydrogen-bond acceptors (Lipinski definition) is 11. The lowest BCUT2D eigenvalue weighted by molar-refractivity contribution is -0.158. The standard InChI is InChI=1S/C30H40N6O7/c1-5-41-29(40)43-36-17-15-35(16-18-36)28(39)22(13-14-25(37)42-30(2,3)4)33-27(38)23-19-24(31-21-11-12-21)34-26(32-23)20-9-7-6-8-10-20/h6-10,19,21-22H,5,11-18H2,1-4H3,(H,33,38)(H,31,32,34)/t22-/m0/s1. The summed E-state index contributed by atoms with van der Waals surface area (Å²) in [5, 5.41) is 7.56. The fraction of sp³-hybridized carbons (Fsp3) is 0.533. The quantitative estimate of drug-likeness (QED) is 0.368. The van der Waals surface area contributed by atoms with E-state index in [1.54, 1.807) is 38.7 Å². The summed E-state index contributed by atoms with van der Waals surface area (Å²) in [6, 6.07) is 10.2. The molecule has 13 heteroatoms. The lowest BCUT2D eigenvalue weighted by atomic mass is 10.1. The van der Waals surface area contributed by atoms with Crippen molar-refractivity contribution >= 4 is 29.8 Å². The van der Waals surface area contributed by atoms with E-state index in [-0.39, 0.29) is 57.2 Å². The maximum Gasteiger partial charge on any atom is 0.527 e. The molecule has 1 aliphatic heterocycles. The third-order valence-corrected chi connectivity index (χ3v) is 6.60. The largest absolute Gasteiger partial charge is 0.527 e. The second-order valence-corrected chi connectivity index (χ2v) is 11.4. The topological polar surface area (TPSA) is 152 Å². The molecule has 2 N–H and O–H groups in total. The molecule has 1 saturated heterocycles. The van der Waals surface area contributed by atoms with Crippen molar-refractivity contribution in [2.45, 2.75) is 71.1 Å². The smallest absolute Gasteiger partial charge is 0.460 e. The summed E-state index contributed by atoms with van der Waals surface area (Å²) in [6.45, 7) is 8.18. The van der Waals surface area contributed by atoms with Crippen molar-refractivity contribution in [2.24, 2.45) is 0 Å². The van der Waals surface area contributed by atoms with Crippen LogP contribution in [0.3, 0.4) is 0 Å². The van der Waals surface area contributed by atoms with Crippen molar-refractivity contribution in [2.75, 3.05) is 38.1 Å². The summed E-state index contributed by atoms with van der Waals surface area (Å²) < 4.78 is 10.2. The molecule has 0 radical (unpaired) electrons. The van der Waals surface area contributed by atoms with Crippen LogP contribution in [0.1, 0.15) is 63.9 Å². The van der Waals surface area contributed by atoms with Crippen LogP contribution in [0, 0.1) is 0 Å². The molecule has 13 nitrogen and oxygen atoms in total. The molecule has 2 fully saturated rings. The Bertz CT molecular complexity index is 1290. The van der Waals surface area contributed by atoms with Crippen molar-refractivity contribution in [1.82, 2.24) is 25.2 Å².